The summed E-state index contributed by atoms with van der Waals surface area (Å²) < 4.78 is 17.1. The van der Waals surface area contributed by atoms with Crippen molar-refractivity contribution in [3.63, 3.8) is 0 Å². The van der Waals surface area contributed by atoms with E-state index in [9.17, 15) is 14.7 Å². The monoisotopic (exact) mass is 417 g/mol. The molecule has 3 N–H and O–H groups in total. The number of nitrogens with one attached hydrogen (secondary N) is 1. The zero-order valence-corrected chi connectivity index (χ0v) is 17.0. The van der Waals surface area contributed by atoms with Crippen molar-refractivity contribution in [1.82, 2.24) is 4.98 Å². The number of carboxylic acids is 1. The summed E-state index contributed by atoms with van der Waals surface area (Å²) in [6.45, 7) is 3.61. The minimum absolute atomic E-state index is 0.200. The molecule has 2 unspecified atom stereocenters. The summed E-state index contributed by atoms with van der Waals surface area (Å²) in [6, 6.07) is 7.45. The lowest BCUT2D eigenvalue weighted by Gasteiger charge is -2.38. The van der Waals surface area contributed by atoms with E-state index < -0.39 is 36.5 Å². The summed E-state index contributed by atoms with van der Waals surface area (Å²) in [7, 11) is 0. The van der Waals surface area contributed by atoms with Crippen LogP contribution in [0.15, 0.2) is 42.6 Å². The van der Waals surface area contributed by atoms with Crippen LogP contribution in [0.3, 0.4) is 0 Å². The summed E-state index contributed by atoms with van der Waals surface area (Å²) in [6.07, 6.45) is 2.52. The van der Waals surface area contributed by atoms with E-state index in [0.717, 1.165) is 17.0 Å². The second kappa shape index (κ2) is 9.88. The van der Waals surface area contributed by atoms with Crippen LogP contribution in [-0.2, 0) is 19.0 Å². The molecule has 30 heavy (non-hydrogen) atoms. The van der Waals surface area contributed by atoms with Crippen molar-refractivity contribution >= 4 is 22.8 Å². The lowest BCUT2D eigenvalue weighted by Crippen LogP contribution is -2.49. The molecule has 5 atom stereocenters. The minimum atomic E-state index is -0.989. The number of benzene rings is 1. The molecule has 1 aromatic carbocycles. The van der Waals surface area contributed by atoms with Crippen LogP contribution < -0.4 is 0 Å². The maximum atomic E-state index is 12.6. The quantitative estimate of drug-likeness (QED) is 0.446. The maximum absolute atomic E-state index is 12.6. The highest BCUT2D eigenvalue weighted by Crippen LogP contribution is 2.27. The van der Waals surface area contributed by atoms with Gasteiger partial charge >= 0.3 is 11.9 Å². The predicted octanol–water partition coefficient (Wildman–Crippen LogP) is 3.02. The molecule has 1 fully saturated rings. The third-order valence-corrected chi connectivity index (χ3v) is 5.09. The number of ether oxygens (including phenoxy) is 3. The molecule has 8 nitrogen and oxygen atoms in total. The van der Waals surface area contributed by atoms with E-state index in [0.29, 0.717) is 18.4 Å². The number of carbonyl (C=O) groups excluding carboxylic acids is 1. The number of aromatic nitrogens is 1. The predicted molar refractivity (Wildman–Crippen MR) is 109 cm³/mol. The van der Waals surface area contributed by atoms with Gasteiger partial charge in [-0.1, -0.05) is 24.3 Å². The Morgan fingerprint density at radius 2 is 2.13 bits per heavy atom. The van der Waals surface area contributed by atoms with Crippen LogP contribution in [0, 0.1) is 0 Å². The number of fused-ring (bicyclic) bond motifs is 1. The van der Waals surface area contributed by atoms with Crippen molar-refractivity contribution < 1.29 is 34.0 Å². The molecule has 2 aromatic rings. The maximum Gasteiger partial charge on any atom is 0.340 e. The average Bonchev–Trinajstić information content (AvgIpc) is 3.13. The van der Waals surface area contributed by atoms with E-state index in [4.69, 9.17) is 19.3 Å². The van der Waals surface area contributed by atoms with Gasteiger partial charge in [-0.05, 0) is 32.8 Å². The first-order valence-corrected chi connectivity index (χ1v) is 10.0. The fraction of sp³-hybridized carbons (Fsp3) is 0.455. The van der Waals surface area contributed by atoms with E-state index in [-0.39, 0.29) is 12.5 Å². The Labute approximate surface area is 174 Å². The number of aliphatic hydroxyl groups excluding tert-OH is 1. The molecular formula is C22H27NO7. The molecule has 1 aromatic heterocycles. The minimum Gasteiger partial charge on any atom is -0.478 e. The van der Waals surface area contributed by atoms with E-state index in [2.05, 4.69) is 4.98 Å². The van der Waals surface area contributed by atoms with Gasteiger partial charge < -0.3 is 29.4 Å². The molecule has 1 saturated heterocycles. The van der Waals surface area contributed by atoms with Crippen molar-refractivity contribution in [2.75, 3.05) is 0 Å². The van der Waals surface area contributed by atoms with E-state index >= 15 is 0 Å². The van der Waals surface area contributed by atoms with Gasteiger partial charge in [0.2, 0.25) is 0 Å². The number of H-pyrrole nitrogens is 1. The lowest BCUT2D eigenvalue weighted by atomic mass is 10.0. The molecular weight excluding hydrogens is 390 g/mol. The van der Waals surface area contributed by atoms with Gasteiger partial charge in [0.25, 0.3) is 0 Å². The number of esters is 1. The molecule has 0 saturated carbocycles. The number of allylic oxidation sites excluding steroid dienone is 1. The Morgan fingerprint density at radius 3 is 2.90 bits per heavy atom. The van der Waals surface area contributed by atoms with Crippen molar-refractivity contribution in [2.24, 2.45) is 0 Å². The molecule has 8 heteroatoms. The molecule has 0 bridgehead atoms. The second-order valence-corrected chi connectivity index (χ2v) is 7.47. The molecule has 162 valence electrons. The van der Waals surface area contributed by atoms with Crippen molar-refractivity contribution in [3.05, 3.63) is 48.2 Å². The molecule has 0 amide bonds. The standard InChI is InChI=1S/C22H27NO7/c1-13(7-3-6-10-20(25)26)28-22-18(24)11-19(14(2)29-22)30-21(27)16-12-23-17-9-5-4-8-15(16)17/h4-6,8-10,12-14,18-19,22-24H,3,7,11H2,1-2H3,(H,25,26)/b10-6+/t13-,14?,18?,19-,22-/m1/s1. The summed E-state index contributed by atoms with van der Waals surface area (Å²) in [5, 5.41) is 19.8. The molecule has 1 aliphatic heterocycles. The highest BCUT2D eigenvalue weighted by atomic mass is 16.7. The molecule has 0 spiro atoms. The summed E-state index contributed by atoms with van der Waals surface area (Å²) in [4.78, 5) is 26.2. The number of aromatic amines is 1. The Hall–Kier alpha value is -2.68. The largest absolute Gasteiger partial charge is 0.478 e. The highest BCUT2D eigenvalue weighted by molar-refractivity contribution is 6.04. The van der Waals surface area contributed by atoms with Crippen molar-refractivity contribution in [3.8, 4) is 0 Å². The van der Waals surface area contributed by atoms with Gasteiger partial charge in [0.05, 0.1) is 17.8 Å². The summed E-state index contributed by atoms with van der Waals surface area (Å²) >= 11 is 0. The Balaban J connectivity index is 1.53. The normalized spacial score (nSPS) is 25.4. The van der Waals surface area contributed by atoms with Crippen LogP contribution in [0.2, 0.25) is 0 Å². The van der Waals surface area contributed by atoms with Crippen molar-refractivity contribution in [2.45, 2.75) is 63.8 Å². The molecule has 0 aliphatic carbocycles. The first kappa shape index (κ1) is 22.0. The Kier molecular flexibility index (Phi) is 7.25. The number of hydrogen-bond acceptors (Lipinski definition) is 6. The second-order valence-electron chi connectivity index (χ2n) is 7.47. The first-order valence-electron chi connectivity index (χ1n) is 10.0. The van der Waals surface area contributed by atoms with Crippen LogP contribution in [0.5, 0.6) is 0 Å². The zero-order valence-electron chi connectivity index (χ0n) is 17.0. The highest BCUT2D eigenvalue weighted by Gasteiger charge is 2.38. The van der Waals surface area contributed by atoms with Crippen molar-refractivity contribution in [1.29, 1.82) is 0 Å². The molecule has 1 aliphatic rings. The van der Waals surface area contributed by atoms with E-state index in [1.54, 1.807) is 19.2 Å². The number of aliphatic hydroxyl groups is 1. The lowest BCUT2D eigenvalue weighted by molar-refractivity contribution is -0.273. The fourth-order valence-electron chi connectivity index (χ4n) is 3.45. The van der Waals surface area contributed by atoms with Gasteiger partial charge in [0.15, 0.2) is 6.29 Å². The number of hydrogen-bond donors (Lipinski definition) is 3. The summed E-state index contributed by atoms with van der Waals surface area (Å²) in [5.41, 5.74) is 1.28. The third kappa shape index (κ3) is 5.47. The van der Waals surface area contributed by atoms with Crippen LogP contribution in [0.25, 0.3) is 10.9 Å². The number of carbonyl (C=O) groups is 2. The molecule has 0 radical (unpaired) electrons. The molecule has 2 heterocycles. The van der Waals surface area contributed by atoms with E-state index in [1.807, 2.05) is 31.2 Å². The summed E-state index contributed by atoms with van der Waals surface area (Å²) in [5.74, 6) is -1.46. The number of carboxylic acid groups (broad SMARTS) is 1. The zero-order chi connectivity index (χ0) is 21.7. The van der Waals surface area contributed by atoms with Gasteiger partial charge in [-0.2, -0.15) is 0 Å². The first-order chi connectivity index (χ1) is 14.3. The fourth-order valence-corrected chi connectivity index (χ4v) is 3.45. The smallest absolute Gasteiger partial charge is 0.340 e. The van der Waals surface area contributed by atoms with Crippen LogP contribution in [0.4, 0.5) is 0 Å². The molecule has 3 rings (SSSR count). The van der Waals surface area contributed by atoms with Gasteiger partial charge in [-0.15, -0.1) is 0 Å². The Bertz CT molecular complexity index is 906. The number of aliphatic carboxylic acids is 1. The number of para-hydroxylation sites is 1. The average molecular weight is 417 g/mol. The van der Waals surface area contributed by atoms with E-state index in [1.165, 1.54) is 0 Å². The topological polar surface area (TPSA) is 118 Å². The number of rotatable bonds is 8. The third-order valence-electron chi connectivity index (χ3n) is 5.09. The van der Waals surface area contributed by atoms with Gasteiger partial charge in [0.1, 0.15) is 12.2 Å². The SMILES string of the molecule is CC1O[C@@H](O[C@H](C)CC/C=C/C(=O)O)C(O)C[C@H]1OC(=O)c1c[nH]c2ccccc12. The van der Waals surface area contributed by atoms with Crippen LogP contribution in [0.1, 0.15) is 43.5 Å². The van der Waals surface area contributed by atoms with Gasteiger partial charge in [-0.3, -0.25) is 0 Å². The van der Waals surface area contributed by atoms with Crippen LogP contribution >= 0.6 is 0 Å². The van der Waals surface area contributed by atoms with Crippen LogP contribution in [-0.4, -0.2) is 57.8 Å². The van der Waals surface area contributed by atoms with Gasteiger partial charge in [0, 0.05) is 29.6 Å². The Morgan fingerprint density at radius 1 is 1.37 bits per heavy atom. The van der Waals surface area contributed by atoms with Gasteiger partial charge in [-0.25, -0.2) is 9.59 Å².